The van der Waals surface area contributed by atoms with Crippen LogP contribution < -0.4 is 0 Å². The van der Waals surface area contributed by atoms with Gasteiger partial charge in [0.15, 0.2) is 0 Å². The van der Waals surface area contributed by atoms with Gasteiger partial charge in [-0.05, 0) is 50.3 Å². The number of aryl methyl sites for hydroxylation is 1. The molecule has 1 saturated carbocycles. The first-order chi connectivity index (χ1) is 13.1. The number of rotatable bonds is 3. The van der Waals surface area contributed by atoms with E-state index in [9.17, 15) is 9.59 Å². The first-order valence-electron chi connectivity index (χ1n) is 9.26. The number of hydrazone groups is 1. The van der Waals surface area contributed by atoms with E-state index in [0.717, 1.165) is 34.2 Å². The van der Waals surface area contributed by atoms with Gasteiger partial charge >= 0.3 is 0 Å². The molecule has 2 aromatic rings. The molecule has 6 nitrogen and oxygen atoms in total. The molecule has 1 aliphatic heterocycles. The average molecular weight is 360 g/mol. The van der Waals surface area contributed by atoms with Gasteiger partial charge in [0.2, 0.25) is 0 Å². The highest BCUT2D eigenvalue weighted by atomic mass is 16.2. The van der Waals surface area contributed by atoms with E-state index in [2.05, 4.69) is 22.2 Å². The summed E-state index contributed by atoms with van der Waals surface area (Å²) in [5.74, 6) is 0.485. The first kappa shape index (κ1) is 16.2. The van der Waals surface area contributed by atoms with Crippen molar-refractivity contribution in [1.82, 2.24) is 14.6 Å². The van der Waals surface area contributed by atoms with E-state index in [4.69, 9.17) is 0 Å². The Bertz CT molecular complexity index is 975. The predicted octanol–water partition coefficient (Wildman–Crippen LogP) is 2.63. The van der Waals surface area contributed by atoms with Crippen LogP contribution in [0.5, 0.6) is 0 Å². The van der Waals surface area contributed by atoms with E-state index in [1.807, 2.05) is 42.7 Å². The third-order valence-electron chi connectivity index (χ3n) is 6.11. The summed E-state index contributed by atoms with van der Waals surface area (Å²) in [6.45, 7) is 3.98. The number of nitrogens with zero attached hydrogens (tertiary/aromatic N) is 4. The maximum absolute atomic E-state index is 12.7. The lowest BCUT2D eigenvalue weighted by atomic mass is 9.85. The van der Waals surface area contributed by atoms with Crippen LogP contribution in [0.1, 0.15) is 23.4 Å². The molecule has 3 heterocycles. The summed E-state index contributed by atoms with van der Waals surface area (Å²) in [5, 5.41) is 5.38. The Morgan fingerprint density at radius 3 is 2.44 bits per heavy atom. The molecule has 4 atom stereocenters. The topological polar surface area (TPSA) is 67.6 Å². The summed E-state index contributed by atoms with van der Waals surface area (Å²) < 4.78 is 2.04. The van der Waals surface area contributed by atoms with Crippen molar-refractivity contribution < 1.29 is 9.59 Å². The Morgan fingerprint density at radius 1 is 1.11 bits per heavy atom. The molecule has 136 valence electrons. The van der Waals surface area contributed by atoms with Gasteiger partial charge in [0, 0.05) is 23.1 Å². The van der Waals surface area contributed by atoms with E-state index < -0.39 is 0 Å². The lowest BCUT2D eigenvalue weighted by Crippen LogP contribution is -2.28. The summed E-state index contributed by atoms with van der Waals surface area (Å²) in [6.07, 6.45) is 8.48. The number of hydrogen-bond donors (Lipinski definition) is 0. The minimum absolute atomic E-state index is 0.156. The maximum atomic E-state index is 12.7. The number of carbonyl (C=O) groups is 2. The largest absolute Gasteiger partial charge is 0.303 e. The molecular weight excluding hydrogens is 340 g/mol. The Hall–Kier alpha value is -3.02. The van der Waals surface area contributed by atoms with Gasteiger partial charge in [-0.3, -0.25) is 9.59 Å². The van der Waals surface area contributed by atoms with Crippen LogP contribution in [0.25, 0.3) is 5.82 Å². The lowest BCUT2D eigenvalue weighted by Gasteiger charge is -2.13. The van der Waals surface area contributed by atoms with Crippen LogP contribution in [0.4, 0.5) is 0 Å². The molecular formula is C21H20N4O2. The van der Waals surface area contributed by atoms with Crippen LogP contribution in [-0.2, 0) is 9.59 Å². The molecule has 2 bridgehead atoms. The third-order valence-corrected chi connectivity index (χ3v) is 6.11. The van der Waals surface area contributed by atoms with Crippen LogP contribution in [-0.4, -0.2) is 32.6 Å². The molecule has 3 aliphatic rings. The summed E-state index contributed by atoms with van der Waals surface area (Å²) >= 11 is 0. The fourth-order valence-corrected chi connectivity index (χ4v) is 4.88. The molecule has 1 saturated heterocycles. The minimum atomic E-state index is -0.217. The van der Waals surface area contributed by atoms with Gasteiger partial charge in [0.05, 0.1) is 18.1 Å². The fraction of sp³-hybridized carbons (Fsp3) is 0.333. The predicted molar refractivity (Wildman–Crippen MR) is 100 cm³/mol. The molecule has 6 heteroatoms. The molecule has 4 unspecified atom stereocenters. The standard InChI is InChI=1S/C21H20N4O2/c1-12-9-16(13(2)24(12)17-5-3-4-8-22-17)11-23-25-20(26)18-14-6-7-15(10-14)19(18)21(25)27/h3-9,11,14-15,18-19H,10H2,1-2H3. The second kappa shape index (κ2) is 5.74. The summed E-state index contributed by atoms with van der Waals surface area (Å²) in [6, 6.07) is 7.75. The van der Waals surface area contributed by atoms with Gasteiger partial charge in [-0.2, -0.15) is 10.1 Å². The third kappa shape index (κ3) is 2.25. The van der Waals surface area contributed by atoms with E-state index in [1.165, 1.54) is 0 Å². The highest BCUT2D eigenvalue weighted by Gasteiger charge is 2.59. The van der Waals surface area contributed by atoms with Crippen LogP contribution in [0.15, 0.2) is 47.7 Å². The van der Waals surface area contributed by atoms with E-state index in [1.54, 1.807) is 12.4 Å². The molecule has 0 aromatic carbocycles. The van der Waals surface area contributed by atoms with Crippen molar-refractivity contribution in [2.45, 2.75) is 20.3 Å². The highest BCUT2D eigenvalue weighted by molar-refractivity contribution is 6.06. The zero-order chi connectivity index (χ0) is 18.7. The van der Waals surface area contributed by atoms with Crippen molar-refractivity contribution in [3.05, 3.63) is 59.6 Å². The zero-order valence-corrected chi connectivity index (χ0v) is 15.2. The first-order valence-corrected chi connectivity index (χ1v) is 9.26. The normalized spacial score (nSPS) is 28.7. The Balaban J connectivity index is 1.44. The van der Waals surface area contributed by atoms with Gasteiger partial charge in [0.1, 0.15) is 5.82 Å². The second-order valence-corrected chi connectivity index (χ2v) is 7.58. The Morgan fingerprint density at radius 2 is 1.81 bits per heavy atom. The lowest BCUT2D eigenvalue weighted by molar-refractivity contribution is -0.140. The van der Waals surface area contributed by atoms with E-state index >= 15 is 0 Å². The van der Waals surface area contributed by atoms with Crippen LogP contribution in [0.3, 0.4) is 0 Å². The molecule has 27 heavy (non-hydrogen) atoms. The van der Waals surface area contributed by atoms with Gasteiger partial charge in [-0.15, -0.1) is 0 Å². The number of carbonyl (C=O) groups excluding carboxylic acids is 2. The molecule has 2 aromatic heterocycles. The Labute approximate surface area is 157 Å². The van der Waals surface area contributed by atoms with E-state index in [-0.39, 0.29) is 35.5 Å². The molecule has 0 spiro atoms. The molecule has 2 fully saturated rings. The number of imide groups is 1. The van der Waals surface area contributed by atoms with Gasteiger partial charge < -0.3 is 4.57 Å². The quantitative estimate of drug-likeness (QED) is 0.480. The van der Waals surface area contributed by atoms with Crippen molar-refractivity contribution >= 4 is 18.0 Å². The molecule has 5 rings (SSSR count). The minimum Gasteiger partial charge on any atom is -0.303 e. The Kier molecular flexibility index (Phi) is 3.44. The second-order valence-electron chi connectivity index (χ2n) is 7.58. The number of amides is 2. The zero-order valence-electron chi connectivity index (χ0n) is 15.2. The SMILES string of the molecule is Cc1cc(C=NN2C(=O)C3C4C=CC(C4)C3C2=O)c(C)n1-c1ccccn1. The number of allylic oxidation sites excluding steroid dienone is 2. The fourth-order valence-electron chi connectivity index (χ4n) is 4.88. The number of fused-ring (bicyclic) bond motifs is 5. The average Bonchev–Trinajstić information content (AvgIpc) is 3.40. The van der Waals surface area contributed by atoms with Crippen LogP contribution in [0, 0.1) is 37.5 Å². The number of aromatic nitrogens is 2. The summed E-state index contributed by atoms with van der Waals surface area (Å²) in [7, 11) is 0. The molecule has 0 N–H and O–H groups in total. The van der Waals surface area contributed by atoms with Crippen molar-refractivity contribution in [3.63, 3.8) is 0 Å². The summed E-state index contributed by atoms with van der Waals surface area (Å²) in [5.41, 5.74) is 2.86. The van der Waals surface area contributed by atoms with Crippen molar-refractivity contribution in [2.24, 2.45) is 28.8 Å². The van der Waals surface area contributed by atoms with Crippen LogP contribution in [0.2, 0.25) is 0 Å². The van der Waals surface area contributed by atoms with Gasteiger partial charge in [-0.1, -0.05) is 18.2 Å². The number of pyridine rings is 1. The number of hydrogen-bond acceptors (Lipinski definition) is 4. The monoisotopic (exact) mass is 360 g/mol. The highest BCUT2D eigenvalue weighted by Crippen LogP contribution is 2.52. The summed E-state index contributed by atoms with van der Waals surface area (Å²) in [4.78, 5) is 29.9. The maximum Gasteiger partial charge on any atom is 0.254 e. The van der Waals surface area contributed by atoms with E-state index in [0.29, 0.717) is 0 Å². The van der Waals surface area contributed by atoms with Crippen LogP contribution >= 0.6 is 0 Å². The van der Waals surface area contributed by atoms with Gasteiger partial charge in [-0.25, -0.2) is 4.98 Å². The van der Waals surface area contributed by atoms with Crippen molar-refractivity contribution in [1.29, 1.82) is 0 Å². The molecule has 2 aliphatic carbocycles. The molecule has 2 amide bonds. The smallest absolute Gasteiger partial charge is 0.254 e. The van der Waals surface area contributed by atoms with Crippen molar-refractivity contribution in [3.8, 4) is 5.82 Å². The molecule has 0 radical (unpaired) electrons. The van der Waals surface area contributed by atoms with Crippen molar-refractivity contribution in [2.75, 3.05) is 0 Å². The van der Waals surface area contributed by atoms with Gasteiger partial charge in [0.25, 0.3) is 11.8 Å².